The van der Waals surface area contributed by atoms with Gasteiger partial charge in [-0.2, -0.15) is 0 Å². The van der Waals surface area contributed by atoms with Gasteiger partial charge in [-0.15, -0.1) is 0 Å². The maximum atomic E-state index is 12.7. The minimum absolute atomic E-state index is 0.0770. The largest absolute Gasteiger partial charge is 0.204 e. The van der Waals surface area contributed by atoms with E-state index < -0.39 is 28.8 Å². The lowest BCUT2D eigenvalue weighted by Gasteiger charge is -2.02. The lowest BCUT2D eigenvalue weighted by atomic mass is 10.1. The quantitative estimate of drug-likeness (QED) is 0.486. The fourth-order valence-electron chi connectivity index (χ4n) is 0.933. The summed E-state index contributed by atoms with van der Waals surface area (Å²) in [7, 11) is 0. The van der Waals surface area contributed by atoms with E-state index in [1.807, 2.05) is 13.8 Å². The van der Waals surface area contributed by atoms with Crippen molar-refractivity contribution in [2.75, 3.05) is 0 Å². The Morgan fingerprint density at radius 1 is 0.929 bits per heavy atom. The number of rotatable bonds is 1. The first kappa shape index (κ1) is 12.9. The SMILES string of the molecule is CC.CCc1c(F)c(F)cc(F)c1F. The molecule has 80 valence electrons. The molecule has 0 unspecified atom stereocenters. The van der Waals surface area contributed by atoms with Gasteiger partial charge in [0.05, 0.1) is 0 Å². The smallest absolute Gasteiger partial charge is 0.165 e. The third-order valence-corrected chi connectivity index (χ3v) is 1.56. The Bertz CT molecular complexity index is 281. The van der Waals surface area contributed by atoms with Crippen LogP contribution in [0.1, 0.15) is 26.3 Å². The van der Waals surface area contributed by atoms with E-state index in [2.05, 4.69) is 0 Å². The van der Waals surface area contributed by atoms with Gasteiger partial charge in [0.25, 0.3) is 0 Å². The minimum Gasteiger partial charge on any atom is -0.204 e. The third kappa shape index (κ3) is 2.47. The van der Waals surface area contributed by atoms with Crippen LogP contribution in [-0.4, -0.2) is 0 Å². The molecule has 1 rings (SSSR count). The summed E-state index contributed by atoms with van der Waals surface area (Å²) in [6.45, 7) is 5.42. The zero-order valence-electron chi connectivity index (χ0n) is 8.30. The lowest BCUT2D eigenvalue weighted by molar-refractivity contribution is 0.440. The molecule has 1 aromatic carbocycles. The molecule has 4 heteroatoms. The Balaban J connectivity index is 0.000000791. The van der Waals surface area contributed by atoms with E-state index in [1.165, 1.54) is 6.92 Å². The van der Waals surface area contributed by atoms with Gasteiger partial charge in [0, 0.05) is 11.6 Å². The molecule has 14 heavy (non-hydrogen) atoms. The van der Waals surface area contributed by atoms with Crippen LogP contribution in [0.4, 0.5) is 17.6 Å². The Hall–Kier alpha value is -1.06. The first-order valence-corrected chi connectivity index (χ1v) is 4.39. The van der Waals surface area contributed by atoms with Crippen LogP contribution in [0, 0.1) is 23.3 Å². The van der Waals surface area contributed by atoms with E-state index in [4.69, 9.17) is 0 Å². The van der Waals surface area contributed by atoms with E-state index in [0.717, 1.165) is 0 Å². The summed E-state index contributed by atoms with van der Waals surface area (Å²) in [6.07, 6.45) is -0.0770. The molecule has 0 saturated heterocycles. The fraction of sp³-hybridized carbons (Fsp3) is 0.400. The number of halogens is 4. The maximum Gasteiger partial charge on any atom is 0.165 e. The third-order valence-electron chi connectivity index (χ3n) is 1.56. The second kappa shape index (κ2) is 5.62. The number of hydrogen-bond acceptors (Lipinski definition) is 0. The normalized spacial score (nSPS) is 9.36. The molecule has 0 aromatic heterocycles. The number of benzene rings is 1. The van der Waals surface area contributed by atoms with Crippen LogP contribution in [-0.2, 0) is 6.42 Å². The van der Waals surface area contributed by atoms with E-state index in [9.17, 15) is 17.6 Å². The Labute approximate surface area is 80.6 Å². The van der Waals surface area contributed by atoms with Gasteiger partial charge in [0.1, 0.15) is 0 Å². The van der Waals surface area contributed by atoms with Crippen molar-refractivity contribution >= 4 is 0 Å². The van der Waals surface area contributed by atoms with Gasteiger partial charge in [-0.05, 0) is 6.42 Å². The van der Waals surface area contributed by atoms with Crippen LogP contribution in [0.5, 0.6) is 0 Å². The highest BCUT2D eigenvalue weighted by Gasteiger charge is 2.16. The first-order valence-electron chi connectivity index (χ1n) is 4.39. The van der Waals surface area contributed by atoms with Crippen molar-refractivity contribution in [1.82, 2.24) is 0 Å². The zero-order chi connectivity index (χ0) is 11.3. The zero-order valence-corrected chi connectivity index (χ0v) is 8.30. The maximum absolute atomic E-state index is 12.7. The van der Waals surface area contributed by atoms with Crippen LogP contribution in [0.2, 0.25) is 0 Å². The molecule has 0 nitrogen and oxygen atoms in total. The van der Waals surface area contributed by atoms with Crippen molar-refractivity contribution < 1.29 is 17.6 Å². The summed E-state index contributed by atoms with van der Waals surface area (Å²) in [5, 5.41) is 0. The van der Waals surface area contributed by atoms with Gasteiger partial charge in [0.2, 0.25) is 0 Å². The minimum atomic E-state index is -1.36. The van der Waals surface area contributed by atoms with Crippen molar-refractivity contribution in [3.8, 4) is 0 Å². The van der Waals surface area contributed by atoms with Gasteiger partial charge in [-0.1, -0.05) is 20.8 Å². The molecule has 0 bridgehead atoms. The molecular weight excluding hydrogens is 196 g/mol. The van der Waals surface area contributed by atoms with Gasteiger partial charge in [-0.3, -0.25) is 0 Å². The molecule has 0 amide bonds. The van der Waals surface area contributed by atoms with Crippen LogP contribution in [0.25, 0.3) is 0 Å². The molecule has 0 heterocycles. The molecule has 0 aliphatic heterocycles. The van der Waals surface area contributed by atoms with E-state index in [1.54, 1.807) is 0 Å². The molecule has 1 aromatic rings. The van der Waals surface area contributed by atoms with E-state index in [0.29, 0.717) is 0 Å². The summed E-state index contributed by atoms with van der Waals surface area (Å²) < 4.78 is 50.2. The summed E-state index contributed by atoms with van der Waals surface area (Å²) in [6, 6.07) is 0.198. The predicted octanol–water partition coefficient (Wildman–Crippen LogP) is 3.83. The average Bonchev–Trinajstić information content (AvgIpc) is 2.19. The van der Waals surface area contributed by atoms with Crippen molar-refractivity contribution in [3.05, 3.63) is 34.9 Å². The molecular formula is C10H12F4. The topological polar surface area (TPSA) is 0 Å². The molecule has 0 aliphatic carbocycles. The van der Waals surface area contributed by atoms with Crippen molar-refractivity contribution in [3.63, 3.8) is 0 Å². The Kier molecular flexibility index (Phi) is 5.20. The van der Waals surface area contributed by atoms with Crippen molar-refractivity contribution in [2.24, 2.45) is 0 Å². The highest BCUT2D eigenvalue weighted by molar-refractivity contribution is 5.22. The summed E-state index contributed by atoms with van der Waals surface area (Å²) in [5.41, 5.74) is -0.549. The van der Waals surface area contributed by atoms with Crippen LogP contribution in [0.15, 0.2) is 6.07 Å². The Morgan fingerprint density at radius 2 is 1.29 bits per heavy atom. The average molecular weight is 208 g/mol. The second-order valence-corrected chi connectivity index (χ2v) is 2.30. The first-order chi connectivity index (χ1) is 6.57. The molecule has 0 radical (unpaired) electrons. The van der Waals surface area contributed by atoms with Crippen LogP contribution >= 0.6 is 0 Å². The summed E-state index contributed by atoms with van der Waals surface area (Å²) in [5.74, 6) is -5.33. The highest BCUT2D eigenvalue weighted by atomic mass is 19.2. The summed E-state index contributed by atoms with van der Waals surface area (Å²) in [4.78, 5) is 0. The summed E-state index contributed by atoms with van der Waals surface area (Å²) >= 11 is 0. The van der Waals surface area contributed by atoms with E-state index >= 15 is 0 Å². The highest BCUT2D eigenvalue weighted by Crippen LogP contribution is 2.19. The molecule has 0 atom stereocenters. The van der Waals surface area contributed by atoms with Gasteiger partial charge in [-0.25, -0.2) is 17.6 Å². The molecule has 0 saturated carbocycles. The molecule has 0 aliphatic rings. The second-order valence-electron chi connectivity index (χ2n) is 2.30. The molecule has 0 fully saturated rings. The van der Waals surface area contributed by atoms with Crippen LogP contribution < -0.4 is 0 Å². The van der Waals surface area contributed by atoms with E-state index in [-0.39, 0.29) is 12.5 Å². The Morgan fingerprint density at radius 3 is 1.57 bits per heavy atom. The van der Waals surface area contributed by atoms with Crippen molar-refractivity contribution in [1.29, 1.82) is 0 Å². The van der Waals surface area contributed by atoms with Crippen molar-refractivity contribution in [2.45, 2.75) is 27.2 Å². The molecule has 0 N–H and O–H groups in total. The fourth-order valence-corrected chi connectivity index (χ4v) is 0.933. The molecule has 0 spiro atoms. The van der Waals surface area contributed by atoms with Crippen LogP contribution in [0.3, 0.4) is 0 Å². The van der Waals surface area contributed by atoms with Gasteiger partial charge >= 0.3 is 0 Å². The number of hydrogen-bond donors (Lipinski definition) is 0. The lowest BCUT2D eigenvalue weighted by Crippen LogP contribution is -2.00. The van der Waals surface area contributed by atoms with Gasteiger partial charge in [0.15, 0.2) is 23.3 Å². The van der Waals surface area contributed by atoms with Gasteiger partial charge < -0.3 is 0 Å². The standard InChI is InChI=1S/C8H6F4.C2H6/c1-2-4-7(11)5(9)3-6(10)8(4)12;1-2/h3H,2H2,1H3;1-2H3. The monoisotopic (exact) mass is 208 g/mol. The predicted molar refractivity (Wildman–Crippen MR) is 47.0 cm³/mol.